The first kappa shape index (κ1) is 12.2. The second-order valence-corrected chi connectivity index (χ2v) is 5.01. The average molecular weight is 258 g/mol. The number of ether oxygens (including phenoxy) is 1. The monoisotopic (exact) mass is 258 g/mol. The number of methoxy groups -OCH3 is 1. The van der Waals surface area contributed by atoms with Gasteiger partial charge >= 0.3 is 0 Å². The smallest absolute Gasteiger partial charge is 0.119 e. The van der Waals surface area contributed by atoms with E-state index in [1.54, 1.807) is 7.11 Å². The molecule has 4 nitrogen and oxygen atoms in total. The molecule has 0 bridgehead atoms. The topological polar surface area (TPSA) is 47.3 Å². The summed E-state index contributed by atoms with van der Waals surface area (Å²) in [6.45, 7) is 1.19. The zero-order chi connectivity index (χ0) is 13.2. The highest BCUT2D eigenvalue weighted by atomic mass is 16.5. The van der Waals surface area contributed by atoms with Gasteiger partial charge in [0.05, 0.1) is 12.8 Å². The van der Waals surface area contributed by atoms with Gasteiger partial charge in [-0.3, -0.25) is 0 Å². The minimum Gasteiger partial charge on any atom is -0.497 e. The molecule has 4 heteroatoms. The maximum absolute atomic E-state index is 9.26. The van der Waals surface area contributed by atoms with E-state index < -0.39 is 0 Å². The molecular formula is C15H18N2O2. The van der Waals surface area contributed by atoms with Gasteiger partial charge < -0.3 is 14.4 Å². The Morgan fingerprint density at radius 2 is 2.37 bits per heavy atom. The van der Waals surface area contributed by atoms with Crippen LogP contribution in [0.4, 0.5) is 0 Å². The summed E-state index contributed by atoms with van der Waals surface area (Å²) in [5.74, 6) is 2.27. The van der Waals surface area contributed by atoms with Crippen molar-refractivity contribution in [3.8, 4) is 17.0 Å². The Morgan fingerprint density at radius 3 is 3.16 bits per heavy atom. The van der Waals surface area contributed by atoms with Gasteiger partial charge in [-0.15, -0.1) is 0 Å². The summed E-state index contributed by atoms with van der Waals surface area (Å²) in [4.78, 5) is 4.69. The van der Waals surface area contributed by atoms with Gasteiger partial charge in [-0.25, -0.2) is 4.98 Å². The van der Waals surface area contributed by atoms with Crippen LogP contribution < -0.4 is 4.74 Å². The molecular weight excluding hydrogens is 240 g/mol. The van der Waals surface area contributed by atoms with Crippen molar-refractivity contribution in [2.75, 3.05) is 13.7 Å². The third-order valence-electron chi connectivity index (χ3n) is 3.73. The van der Waals surface area contributed by atoms with Crippen molar-refractivity contribution in [3.05, 3.63) is 36.3 Å². The maximum Gasteiger partial charge on any atom is 0.119 e. The van der Waals surface area contributed by atoms with Crippen LogP contribution in [0.15, 0.2) is 30.5 Å². The summed E-state index contributed by atoms with van der Waals surface area (Å²) in [7, 11) is 1.67. The number of hydrogen-bond acceptors (Lipinski definition) is 3. The molecule has 0 spiro atoms. The number of hydrogen-bond donors (Lipinski definition) is 1. The van der Waals surface area contributed by atoms with Crippen molar-refractivity contribution >= 4 is 0 Å². The van der Waals surface area contributed by atoms with Gasteiger partial charge in [-0.2, -0.15) is 0 Å². The van der Waals surface area contributed by atoms with Crippen LogP contribution in [0.3, 0.4) is 0 Å². The van der Waals surface area contributed by atoms with E-state index in [2.05, 4.69) is 10.8 Å². The standard InChI is InChI=1S/C15H18N2O2/c1-19-13-4-2-3-12(8-13)14-9-17-6-5-11(10-18)7-15(17)16-14/h2-4,8-9,11,18H,5-7,10H2,1H3. The number of imidazole rings is 1. The number of aromatic nitrogens is 2. The molecule has 3 rings (SSSR count). The molecule has 0 saturated heterocycles. The Balaban J connectivity index is 1.92. The van der Waals surface area contributed by atoms with E-state index in [-0.39, 0.29) is 6.61 Å². The van der Waals surface area contributed by atoms with E-state index in [1.807, 2.05) is 24.3 Å². The Kier molecular flexibility index (Phi) is 3.25. The molecule has 0 fully saturated rings. The molecule has 0 saturated carbocycles. The minimum atomic E-state index is 0.251. The van der Waals surface area contributed by atoms with Gasteiger partial charge in [-0.05, 0) is 24.5 Å². The van der Waals surface area contributed by atoms with E-state index in [0.717, 1.165) is 42.2 Å². The lowest BCUT2D eigenvalue weighted by atomic mass is 9.99. The quantitative estimate of drug-likeness (QED) is 0.917. The molecule has 19 heavy (non-hydrogen) atoms. The van der Waals surface area contributed by atoms with Gasteiger partial charge in [0, 0.05) is 31.3 Å². The van der Waals surface area contributed by atoms with Crippen LogP contribution in [-0.2, 0) is 13.0 Å². The molecule has 1 atom stereocenters. The van der Waals surface area contributed by atoms with E-state index >= 15 is 0 Å². The third-order valence-corrected chi connectivity index (χ3v) is 3.73. The van der Waals surface area contributed by atoms with Crippen LogP contribution in [-0.4, -0.2) is 28.4 Å². The fraction of sp³-hybridized carbons (Fsp3) is 0.400. The molecule has 0 amide bonds. The number of aryl methyl sites for hydroxylation is 1. The molecule has 1 aliphatic rings. The van der Waals surface area contributed by atoms with E-state index in [0.29, 0.717) is 5.92 Å². The lowest BCUT2D eigenvalue weighted by Crippen LogP contribution is -2.21. The fourth-order valence-electron chi connectivity index (χ4n) is 2.57. The number of nitrogens with zero attached hydrogens (tertiary/aromatic N) is 2. The summed E-state index contributed by atoms with van der Waals surface area (Å²) >= 11 is 0. The maximum atomic E-state index is 9.26. The Morgan fingerprint density at radius 1 is 1.47 bits per heavy atom. The summed E-state index contributed by atoms with van der Waals surface area (Å²) in [5, 5.41) is 9.26. The van der Waals surface area contributed by atoms with Gasteiger partial charge in [0.2, 0.25) is 0 Å². The van der Waals surface area contributed by atoms with Crippen molar-refractivity contribution in [2.45, 2.75) is 19.4 Å². The third kappa shape index (κ3) is 2.36. The molecule has 1 N–H and O–H groups in total. The predicted molar refractivity (Wildman–Crippen MR) is 73.1 cm³/mol. The summed E-state index contributed by atoms with van der Waals surface area (Å²) in [5.41, 5.74) is 2.05. The molecule has 0 aliphatic carbocycles. The summed E-state index contributed by atoms with van der Waals surface area (Å²) < 4.78 is 7.44. The first-order valence-corrected chi connectivity index (χ1v) is 6.61. The largest absolute Gasteiger partial charge is 0.497 e. The van der Waals surface area contributed by atoms with Crippen molar-refractivity contribution in [2.24, 2.45) is 5.92 Å². The average Bonchev–Trinajstić information content (AvgIpc) is 2.90. The number of rotatable bonds is 3. The highest BCUT2D eigenvalue weighted by molar-refractivity contribution is 5.60. The van der Waals surface area contributed by atoms with Crippen LogP contribution in [0.25, 0.3) is 11.3 Å². The minimum absolute atomic E-state index is 0.251. The van der Waals surface area contributed by atoms with E-state index in [1.165, 1.54) is 0 Å². The summed E-state index contributed by atoms with van der Waals surface area (Å²) in [6.07, 6.45) is 3.98. The van der Waals surface area contributed by atoms with Crippen LogP contribution >= 0.6 is 0 Å². The highest BCUT2D eigenvalue weighted by Crippen LogP contribution is 2.26. The van der Waals surface area contributed by atoms with E-state index in [9.17, 15) is 5.11 Å². The normalized spacial score (nSPS) is 18.1. The Labute approximate surface area is 112 Å². The van der Waals surface area contributed by atoms with Crippen LogP contribution in [0.2, 0.25) is 0 Å². The zero-order valence-electron chi connectivity index (χ0n) is 11.0. The molecule has 1 aromatic carbocycles. The number of aliphatic hydroxyl groups excluding tert-OH is 1. The first-order valence-electron chi connectivity index (χ1n) is 6.61. The SMILES string of the molecule is COc1cccc(-c2cn3c(n2)CC(CO)CC3)c1. The molecule has 2 heterocycles. The van der Waals surface area contributed by atoms with E-state index in [4.69, 9.17) is 9.72 Å². The van der Waals surface area contributed by atoms with Crippen molar-refractivity contribution in [1.29, 1.82) is 0 Å². The molecule has 100 valence electrons. The lowest BCUT2D eigenvalue weighted by molar-refractivity contribution is 0.199. The van der Waals surface area contributed by atoms with Crippen molar-refractivity contribution < 1.29 is 9.84 Å². The van der Waals surface area contributed by atoms with Crippen molar-refractivity contribution in [1.82, 2.24) is 9.55 Å². The van der Waals surface area contributed by atoms with Crippen molar-refractivity contribution in [3.63, 3.8) is 0 Å². The van der Waals surface area contributed by atoms with Gasteiger partial charge in [-0.1, -0.05) is 12.1 Å². The number of aliphatic hydroxyl groups is 1. The van der Waals surface area contributed by atoms with Gasteiger partial charge in [0.1, 0.15) is 11.6 Å². The zero-order valence-corrected chi connectivity index (χ0v) is 11.0. The second-order valence-electron chi connectivity index (χ2n) is 5.01. The molecule has 1 unspecified atom stereocenters. The molecule has 0 radical (unpaired) electrons. The first-order chi connectivity index (χ1) is 9.30. The van der Waals surface area contributed by atoms with Crippen LogP contribution in [0.1, 0.15) is 12.2 Å². The fourth-order valence-corrected chi connectivity index (χ4v) is 2.57. The lowest BCUT2D eigenvalue weighted by Gasteiger charge is -2.20. The van der Waals surface area contributed by atoms with Crippen LogP contribution in [0.5, 0.6) is 5.75 Å². The number of fused-ring (bicyclic) bond motifs is 1. The van der Waals surface area contributed by atoms with Gasteiger partial charge in [0.25, 0.3) is 0 Å². The molecule has 1 aliphatic heterocycles. The second kappa shape index (κ2) is 5.05. The predicted octanol–water partition coefficient (Wildman–Crippen LogP) is 2.11. The molecule has 1 aromatic heterocycles. The molecule has 2 aromatic rings. The van der Waals surface area contributed by atoms with Crippen LogP contribution in [0, 0.1) is 5.92 Å². The Bertz CT molecular complexity index is 577. The Hall–Kier alpha value is -1.81. The highest BCUT2D eigenvalue weighted by Gasteiger charge is 2.20. The summed E-state index contributed by atoms with van der Waals surface area (Å²) in [6, 6.07) is 7.95. The van der Waals surface area contributed by atoms with Gasteiger partial charge in [0.15, 0.2) is 0 Å². The number of benzene rings is 1.